The fourth-order valence-electron chi connectivity index (χ4n) is 2.81. The molecule has 1 aromatic heterocycles. The fourth-order valence-corrected chi connectivity index (χ4v) is 3.44. The third-order valence-electron chi connectivity index (χ3n) is 4.02. The van der Waals surface area contributed by atoms with Crippen LogP contribution in [0.2, 0.25) is 0 Å². The highest BCUT2D eigenvalue weighted by Crippen LogP contribution is 2.42. The number of rotatable bonds is 5. The fraction of sp³-hybridized carbons (Fsp3) is 0.294. The Balaban J connectivity index is 1.98. The number of nitrogens with one attached hydrogen (secondary N) is 2. The lowest BCUT2D eigenvalue weighted by Crippen LogP contribution is -2.41. The van der Waals surface area contributed by atoms with E-state index in [1.807, 2.05) is 5.38 Å². The molecule has 0 radical (unpaired) electrons. The maximum atomic E-state index is 12.5. The molecular formula is C17H18N2O5S. The predicted octanol–water partition coefficient (Wildman–Crippen LogP) is 2.20. The van der Waals surface area contributed by atoms with E-state index in [9.17, 15) is 9.59 Å². The van der Waals surface area contributed by atoms with Crippen molar-refractivity contribution in [3.8, 4) is 11.5 Å². The summed E-state index contributed by atoms with van der Waals surface area (Å²) in [5, 5.41) is 7.81. The van der Waals surface area contributed by atoms with Crippen molar-refractivity contribution >= 4 is 28.9 Å². The van der Waals surface area contributed by atoms with Crippen LogP contribution in [0, 0.1) is 0 Å². The van der Waals surface area contributed by atoms with E-state index in [0.29, 0.717) is 22.1 Å². The minimum absolute atomic E-state index is 0.252. The molecule has 1 aliphatic rings. The lowest BCUT2D eigenvalue weighted by molar-refractivity contribution is -0.142. The lowest BCUT2D eigenvalue weighted by atomic mass is 10.0. The quantitative estimate of drug-likeness (QED) is 0.793. The number of esters is 1. The molecule has 132 valence electrons. The Bertz CT molecular complexity index is 791. The molecule has 0 saturated carbocycles. The summed E-state index contributed by atoms with van der Waals surface area (Å²) in [5.74, 6) is 0.329. The number of thiophene rings is 1. The van der Waals surface area contributed by atoms with Gasteiger partial charge in [0.2, 0.25) is 0 Å². The van der Waals surface area contributed by atoms with E-state index in [0.717, 1.165) is 5.56 Å². The second-order valence-corrected chi connectivity index (χ2v) is 6.32. The van der Waals surface area contributed by atoms with Crippen LogP contribution in [-0.2, 0) is 9.53 Å². The van der Waals surface area contributed by atoms with Gasteiger partial charge in [0.25, 0.3) is 5.91 Å². The van der Waals surface area contributed by atoms with Crippen molar-refractivity contribution < 1.29 is 23.8 Å². The van der Waals surface area contributed by atoms with Gasteiger partial charge in [0.1, 0.15) is 6.04 Å². The molecule has 2 unspecified atom stereocenters. The molecule has 8 heteroatoms. The van der Waals surface area contributed by atoms with E-state index >= 15 is 0 Å². The van der Waals surface area contributed by atoms with Crippen LogP contribution in [0.25, 0.3) is 0 Å². The van der Waals surface area contributed by atoms with Gasteiger partial charge < -0.3 is 24.8 Å². The molecule has 1 aromatic carbocycles. The monoisotopic (exact) mass is 362 g/mol. The van der Waals surface area contributed by atoms with Gasteiger partial charge in [0, 0.05) is 17.3 Å². The van der Waals surface area contributed by atoms with Crippen LogP contribution < -0.4 is 20.1 Å². The number of carbonyl (C=O) groups excluding carboxylic acids is 2. The Hall–Kier alpha value is -2.74. The van der Waals surface area contributed by atoms with Crippen LogP contribution in [0.15, 0.2) is 29.6 Å². The van der Waals surface area contributed by atoms with Crippen LogP contribution in [0.5, 0.6) is 11.5 Å². The zero-order valence-electron chi connectivity index (χ0n) is 14.0. The zero-order valence-corrected chi connectivity index (χ0v) is 14.8. The molecule has 0 saturated heterocycles. The first kappa shape index (κ1) is 17.1. The van der Waals surface area contributed by atoms with Gasteiger partial charge in [-0.05, 0) is 17.5 Å². The SMILES string of the molecule is COC(=O)C1Nc2cc(OC)c(OC)cc2C1NC(=O)c1cccs1. The molecule has 3 rings (SSSR count). The number of fused-ring (bicyclic) bond motifs is 1. The maximum Gasteiger partial charge on any atom is 0.330 e. The number of amides is 1. The van der Waals surface area contributed by atoms with E-state index in [4.69, 9.17) is 14.2 Å². The molecular weight excluding hydrogens is 344 g/mol. The molecule has 2 atom stereocenters. The van der Waals surface area contributed by atoms with Gasteiger partial charge in [-0.3, -0.25) is 4.79 Å². The maximum absolute atomic E-state index is 12.5. The van der Waals surface area contributed by atoms with Gasteiger partial charge in [-0.25, -0.2) is 4.79 Å². The molecule has 2 N–H and O–H groups in total. The minimum Gasteiger partial charge on any atom is -0.493 e. The van der Waals surface area contributed by atoms with Crippen molar-refractivity contribution in [2.75, 3.05) is 26.6 Å². The summed E-state index contributed by atoms with van der Waals surface area (Å²) in [6.45, 7) is 0. The van der Waals surface area contributed by atoms with E-state index in [-0.39, 0.29) is 5.91 Å². The van der Waals surface area contributed by atoms with Crippen LogP contribution in [-0.4, -0.2) is 39.2 Å². The lowest BCUT2D eigenvalue weighted by Gasteiger charge is -2.19. The van der Waals surface area contributed by atoms with Gasteiger partial charge in [0.15, 0.2) is 11.5 Å². The standard InChI is InChI=1S/C17H18N2O5S/c1-22-11-7-9-10(8-12(11)23-2)18-15(17(21)24-3)14(9)19-16(20)13-5-4-6-25-13/h4-8,14-15,18H,1-3H3,(H,19,20). The molecule has 25 heavy (non-hydrogen) atoms. The highest BCUT2D eigenvalue weighted by molar-refractivity contribution is 7.12. The first-order valence-electron chi connectivity index (χ1n) is 7.53. The molecule has 2 heterocycles. The molecule has 0 fully saturated rings. The summed E-state index contributed by atoms with van der Waals surface area (Å²) in [4.78, 5) is 25.2. The minimum atomic E-state index is -0.735. The van der Waals surface area contributed by atoms with Crippen LogP contribution in [0.1, 0.15) is 21.3 Å². The highest BCUT2D eigenvalue weighted by atomic mass is 32.1. The normalized spacial score (nSPS) is 18.0. The predicted molar refractivity (Wildman–Crippen MR) is 93.5 cm³/mol. The Labute approximate surface area is 148 Å². The second kappa shape index (κ2) is 7.02. The van der Waals surface area contributed by atoms with Gasteiger partial charge in [-0.1, -0.05) is 6.07 Å². The zero-order chi connectivity index (χ0) is 18.0. The van der Waals surface area contributed by atoms with Crippen molar-refractivity contribution in [1.29, 1.82) is 0 Å². The Kier molecular flexibility index (Phi) is 4.80. The molecule has 2 aromatic rings. The van der Waals surface area contributed by atoms with E-state index in [1.165, 1.54) is 32.7 Å². The summed E-state index contributed by atoms with van der Waals surface area (Å²) in [5.41, 5.74) is 1.42. The van der Waals surface area contributed by atoms with Crippen molar-refractivity contribution in [3.63, 3.8) is 0 Å². The smallest absolute Gasteiger partial charge is 0.330 e. The Morgan fingerprint density at radius 2 is 1.88 bits per heavy atom. The molecule has 7 nitrogen and oxygen atoms in total. The van der Waals surface area contributed by atoms with Crippen molar-refractivity contribution in [3.05, 3.63) is 40.1 Å². The molecule has 0 spiro atoms. The Morgan fingerprint density at radius 3 is 2.48 bits per heavy atom. The van der Waals surface area contributed by atoms with E-state index < -0.39 is 18.1 Å². The number of benzene rings is 1. The molecule has 1 aliphatic heterocycles. The van der Waals surface area contributed by atoms with Crippen LogP contribution in [0.4, 0.5) is 5.69 Å². The molecule has 1 amide bonds. The van der Waals surface area contributed by atoms with Crippen LogP contribution in [0.3, 0.4) is 0 Å². The number of hydrogen-bond acceptors (Lipinski definition) is 7. The third-order valence-corrected chi connectivity index (χ3v) is 4.89. The van der Waals surface area contributed by atoms with Crippen molar-refractivity contribution in [2.24, 2.45) is 0 Å². The molecule has 0 bridgehead atoms. The summed E-state index contributed by atoms with van der Waals surface area (Å²) in [6.07, 6.45) is 0. The summed E-state index contributed by atoms with van der Waals surface area (Å²) < 4.78 is 15.5. The largest absolute Gasteiger partial charge is 0.493 e. The molecule has 0 aliphatic carbocycles. The number of methoxy groups -OCH3 is 3. The topological polar surface area (TPSA) is 85.9 Å². The first-order chi connectivity index (χ1) is 12.1. The van der Waals surface area contributed by atoms with Gasteiger partial charge in [0.05, 0.1) is 32.2 Å². The number of ether oxygens (including phenoxy) is 3. The average Bonchev–Trinajstić information content (AvgIpc) is 3.28. The summed E-state index contributed by atoms with van der Waals surface area (Å²) in [6, 6.07) is 5.69. The number of hydrogen-bond donors (Lipinski definition) is 2. The highest BCUT2D eigenvalue weighted by Gasteiger charge is 2.40. The van der Waals surface area contributed by atoms with Crippen molar-refractivity contribution in [2.45, 2.75) is 12.1 Å². The number of carbonyl (C=O) groups is 2. The van der Waals surface area contributed by atoms with E-state index in [2.05, 4.69) is 10.6 Å². The first-order valence-corrected chi connectivity index (χ1v) is 8.41. The van der Waals surface area contributed by atoms with Gasteiger partial charge in [-0.2, -0.15) is 0 Å². The Morgan fingerprint density at radius 1 is 1.16 bits per heavy atom. The number of anilines is 1. The van der Waals surface area contributed by atoms with Gasteiger partial charge in [-0.15, -0.1) is 11.3 Å². The summed E-state index contributed by atoms with van der Waals surface area (Å²) >= 11 is 1.33. The second-order valence-electron chi connectivity index (χ2n) is 5.37. The van der Waals surface area contributed by atoms with Crippen LogP contribution >= 0.6 is 11.3 Å². The van der Waals surface area contributed by atoms with Crippen molar-refractivity contribution in [1.82, 2.24) is 5.32 Å². The third kappa shape index (κ3) is 3.12. The summed E-state index contributed by atoms with van der Waals surface area (Å²) in [7, 11) is 4.38. The average molecular weight is 362 g/mol. The van der Waals surface area contributed by atoms with E-state index in [1.54, 1.807) is 24.3 Å². The van der Waals surface area contributed by atoms with Gasteiger partial charge >= 0.3 is 5.97 Å².